The molecule has 148 valence electrons. The Morgan fingerprint density at radius 3 is 2.48 bits per heavy atom. The number of carbonyl (C=O) groups excluding carboxylic acids is 2. The van der Waals surface area contributed by atoms with Crippen molar-refractivity contribution < 1.29 is 18.4 Å². The molecule has 1 aliphatic heterocycles. The summed E-state index contributed by atoms with van der Waals surface area (Å²) in [6.45, 7) is 1.42. The molecule has 29 heavy (non-hydrogen) atoms. The van der Waals surface area contributed by atoms with Crippen molar-refractivity contribution in [3.63, 3.8) is 0 Å². The fourth-order valence-electron chi connectivity index (χ4n) is 3.38. The molecule has 1 saturated heterocycles. The van der Waals surface area contributed by atoms with Gasteiger partial charge in [-0.15, -0.1) is 0 Å². The van der Waals surface area contributed by atoms with Gasteiger partial charge in [0.25, 0.3) is 5.91 Å². The first-order valence-corrected chi connectivity index (χ1v) is 9.49. The van der Waals surface area contributed by atoms with Crippen molar-refractivity contribution in [3.05, 3.63) is 66.1 Å². The van der Waals surface area contributed by atoms with Crippen LogP contribution in [0, 0.1) is 5.82 Å². The molecule has 3 aromatic rings. The van der Waals surface area contributed by atoms with Crippen LogP contribution in [0.25, 0.3) is 22.8 Å². The monoisotopic (exact) mass is 393 g/mol. The number of likely N-dealkylation sites (tertiary alicyclic amines) is 1. The smallest absolute Gasteiger partial charge is 0.252 e. The summed E-state index contributed by atoms with van der Waals surface area (Å²) >= 11 is 0. The molecule has 0 bridgehead atoms. The minimum Gasteiger partial charge on any atom is -0.436 e. The lowest BCUT2D eigenvalue weighted by molar-refractivity contribution is -0.129. The highest BCUT2D eigenvalue weighted by Gasteiger charge is 2.21. The first kappa shape index (κ1) is 18.9. The number of nitrogens with one attached hydrogen (secondary N) is 1. The van der Waals surface area contributed by atoms with E-state index in [0.717, 1.165) is 25.9 Å². The van der Waals surface area contributed by atoms with Gasteiger partial charge in [0.1, 0.15) is 5.82 Å². The standard InChI is InChI=1S/C22H20FN3O3/c23-18-10-4-3-9-17(18)19-13-25-22(29-19)16-8-2-1-7-15(16)21(28)24-14-20(27)26-11-5-6-12-26/h1-4,7-10,13H,5-6,11-12,14H2,(H,24,28). The van der Waals surface area contributed by atoms with Gasteiger partial charge in [-0.25, -0.2) is 9.37 Å². The number of carbonyl (C=O) groups is 2. The van der Waals surface area contributed by atoms with Crippen LogP contribution < -0.4 is 5.32 Å². The van der Waals surface area contributed by atoms with Crippen LogP contribution in [0.2, 0.25) is 0 Å². The average molecular weight is 393 g/mol. The third kappa shape index (κ3) is 4.03. The summed E-state index contributed by atoms with van der Waals surface area (Å²) < 4.78 is 19.7. The van der Waals surface area contributed by atoms with E-state index in [0.29, 0.717) is 16.7 Å². The van der Waals surface area contributed by atoms with Gasteiger partial charge in [-0.2, -0.15) is 0 Å². The van der Waals surface area contributed by atoms with Gasteiger partial charge in [0, 0.05) is 18.7 Å². The fraction of sp³-hybridized carbons (Fsp3) is 0.227. The highest BCUT2D eigenvalue weighted by Crippen LogP contribution is 2.29. The number of amides is 2. The minimum absolute atomic E-state index is 0.0563. The van der Waals surface area contributed by atoms with Gasteiger partial charge in [0.15, 0.2) is 5.76 Å². The number of oxazole rings is 1. The van der Waals surface area contributed by atoms with Gasteiger partial charge in [-0.05, 0) is 37.1 Å². The molecule has 0 radical (unpaired) electrons. The van der Waals surface area contributed by atoms with Crippen molar-refractivity contribution in [2.45, 2.75) is 12.8 Å². The number of aromatic nitrogens is 1. The molecule has 4 rings (SSSR count). The van der Waals surface area contributed by atoms with Crippen LogP contribution in [-0.4, -0.2) is 41.3 Å². The van der Waals surface area contributed by atoms with Gasteiger partial charge in [0.2, 0.25) is 11.8 Å². The predicted molar refractivity (Wildman–Crippen MR) is 105 cm³/mol. The third-order valence-corrected chi connectivity index (χ3v) is 4.91. The van der Waals surface area contributed by atoms with Gasteiger partial charge in [-0.3, -0.25) is 9.59 Å². The Balaban J connectivity index is 1.53. The van der Waals surface area contributed by atoms with Gasteiger partial charge in [0.05, 0.1) is 23.9 Å². The maximum atomic E-state index is 14.0. The summed E-state index contributed by atoms with van der Waals surface area (Å²) in [5.74, 6) is -0.413. The van der Waals surface area contributed by atoms with E-state index in [2.05, 4.69) is 10.3 Å². The lowest BCUT2D eigenvalue weighted by Gasteiger charge is -2.15. The van der Waals surface area contributed by atoms with Crippen molar-refractivity contribution in [1.29, 1.82) is 0 Å². The summed E-state index contributed by atoms with van der Waals surface area (Å²) in [6.07, 6.45) is 3.42. The summed E-state index contributed by atoms with van der Waals surface area (Å²) in [4.78, 5) is 30.8. The molecular formula is C22H20FN3O3. The third-order valence-electron chi connectivity index (χ3n) is 4.91. The molecule has 1 aliphatic rings. The quantitative estimate of drug-likeness (QED) is 0.720. The van der Waals surface area contributed by atoms with Gasteiger partial charge < -0.3 is 14.6 Å². The van der Waals surface area contributed by atoms with E-state index in [1.54, 1.807) is 47.4 Å². The number of hydrogen-bond acceptors (Lipinski definition) is 4. The Hall–Kier alpha value is -3.48. The molecule has 0 saturated carbocycles. The molecule has 2 heterocycles. The van der Waals surface area contributed by atoms with E-state index in [-0.39, 0.29) is 24.1 Å². The molecular weight excluding hydrogens is 373 g/mol. The molecule has 7 heteroatoms. The van der Waals surface area contributed by atoms with Crippen LogP contribution in [-0.2, 0) is 4.79 Å². The number of hydrogen-bond donors (Lipinski definition) is 1. The average Bonchev–Trinajstić information content (AvgIpc) is 3.44. The number of benzene rings is 2. The van der Waals surface area contributed by atoms with Crippen molar-refractivity contribution in [1.82, 2.24) is 15.2 Å². The molecule has 0 unspecified atom stereocenters. The summed E-state index contributed by atoms with van der Waals surface area (Å²) in [5.41, 5.74) is 1.11. The van der Waals surface area contributed by atoms with Gasteiger partial charge in [-0.1, -0.05) is 24.3 Å². The Morgan fingerprint density at radius 2 is 1.72 bits per heavy atom. The highest BCUT2D eigenvalue weighted by atomic mass is 19.1. The zero-order valence-electron chi connectivity index (χ0n) is 15.7. The maximum Gasteiger partial charge on any atom is 0.252 e. The van der Waals surface area contributed by atoms with Crippen molar-refractivity contribution >= 4 is 11.8 Å². The van der Waals surface area contributed by atoms with Crippen LogP contribution in [0.1, 0.15) is 23.2 Å². The zero-order chi connectivity index (χ0) is 20.2. The zero-order valence-corrected chi connectivity index (χ0v) is 15.7. The van der Waals surface area contributed by atoms with Crippen molar-refractivity contribution in [2.75, 3.05) is 19.6 Å². The number of halogens is 1. The Labute approximate surface area is 167 Å². The minimum atomic E-state index is -0.415. The second-order valence-corrected chi connectivity index (χ2v) is 6.83. The summed E-state index contributed by atoms with van der Waals surface area (Å²) in [6, 6.07) is 13.1. The van der Waals surface area contributed by atoms with E-state index >= 15 is 0 Å². The Morgan fingerprint density at radius 1 is 1.03 bits per heavy atom. The van der Waals surface area contributed by atoms with Gasteiger partial charge >= 0.3 is 0 Å². The fourth-order valence-corrected chi connectivity index (χ4v) is 3.38. The largest absolute Gasteiger partial charge is 0.436 e. The second-order valence-electron chi connectivity index (χ2n) is 6.83. The summed E-state index contributed by atoms with van der Waals surface area (Å²) in [5, 5.41) is 2.67. The van der Waals surface area contributed by atoms with Crippen LogP contribution in [0.3, 0.4) is 0 Å². The SMILES string of the molecule is O=C(NCC(=O)N1CCCC1)c1ccccc1-c1ncc(-c2ccccc2F)o1. The predicted octanol–water partition coefficient (Wildman–Crippen LogP) is 3.50. The van der Waals surface area contributed by atoms with Crippen LogP contribution in [0.15, 0.2) is 59.1 Å². The van der Waals surface area contributed by atoms with E-state index in [1.807, 2.05) is 0 Å². The molecule has 1 fully saturated rings. The first-order chi connectivity index (χ1) is 14.1. The number of rotatable bonds is 5. The lowest BCUT2D eigenvalue weighted by atomic mass is 10.1. The number of nitrogens with zero attached hydrogens (tertiary/aromatic N) is 2. The Bertz CT molecular complexity index is 1040. The molecule has 2 aromatic carbocycles. The Kier molecular flexibility index (Phi) is 5.37. The van der Waals surface area contributed by atoms with Crippen molar-refractivity contribution in [3.8, 4) is 22.8 Å². The van der Waals surface area contributed by atoms with Crippen molar-refractivity contribution in [2.24, 2.45) is 0 Å². The molecule has 0 aliphatic carbocycles. The topological polar surface area (TPSA) is 75.4 Å². The van der Waals surface area contributed by atoms with E-state index < -0.39 is 11.7 Å². The van der Waals surface area contributed by atoms with Crippen LogP contribution in [0.5, 0.6) is 0 Å². The molecule has 1 N–H and O–H groups in total. The molecule has 6 nitrogen and oxygen atoms in total. The van der Waals surface area contributed by atoms with Crippen LogP contribution in [0.4, 0.5) is 4.39 Å². The molecule has 0 atom stereocenters. The first-order valence-electron chi connectivity index (χ1n) is 9.49. The molecule has 2 amide bonds. The molecule has 1 aromatic heterocycles. The van der Waals surface area contributed by atoms with E-state index in [9.17, 15) is 14.0 Å². The van der Waals surface area contributed by atoms with E-state index in [4.69, 9.17) is 4.42 Å². The van der Waals surface area contributed by atoms with Crippen LogP contribution >= 0.6 is 0 Å². The molecule has 0 spiro atoms. The normalized spacial score (nSPS) is 13.5. The second kappa shape index (κ2) is 8.26. The van der Waals surface area contributed by atoms with E-state index in [1.165, 1.54) is 12.3 Å². The maximum absolute atomic E-state index is 14.0. The highest BCUT2D eigenvalue weighted by molar-refractivity contribution is 6.01. The summed E-state index contributed by atoms with van der Waals surface area (Å²) in [7, 11) is 0. The lowest BCUT2D eigenvalue weighted by Crippen LogP contribution is -2.38.